The van der Waals surface area contributed by atoms with E-state index in [0.717, 1.165) is 37.4 Å². The summed E-state index contributed by atoms with van der Waals surface area (Å²) in [4.78, 5) is 0. The number of rotatable bonds is 2. The average molecular weight is 246 g/mol. The van der Waals surface area contributed by atoms with Crippen molar-refractivity contribution in [3.05, 3.63) is 35.4 Å². The molecule has 98 valence electrons. The molecule has 1 aliphatic carbocycles. The molecule has 1 atom stereocenters. The molecular weight excluding hydrogens is 224 g/mol. The van der Waals surface area contributed by atoms with Crippen LogP contribution < -0.4 is 0 Å². The Morgan fingerprint density at radius 3 is 2.78 bits per heavy atom. The number of hydrogen-bond acceptors (Lipinski definition) is 2. The molecule has 0 spiro atoms. The maximum atomic E-state index is 10.8. The van der Waals surface area contributed by atoms with Gasteiger partial charge in [-0.25, -0.2) is 0 Å². The second-order valence-electron chi connectivity index (χ2n) is 5.75. The molecule has 2 aliphatic rings. The Hall–Kier alpha value is -0.860. The highest BCUT2D eigenvalue weighted by molar-refractivity contribution is 5.31. The number of hydrogen-bond donors (Lipinski definition) is 1. The molecule has 1 saturated heterocycles. The van der Waals surface area contributed by atoms with E-state index in [1.165, 1.54) is 24.8 Å². The zero-order valence-corrected chi connectivity index (χ0v) is 10.9. The minimum atomic E-state index is -0.670. The van der Waals surface area contributed by atoms with Crippen molar-refractivity contribution in [2.45, 2.75) is 50.0 Å². The van der Waals surface area contributed by atoms with Gasteiger partial charge in [0.15, 0.2) is 0 Å². The highest BCUT2D eigenvalue weighted by Crippen LogP contribution is 2.39. The second-order valence-corrected chi connectivity index (χ2v) is 5.75. The van der Waals surface area contributed by atoms with E-state index in [2.05, 4.69) is 24.3 Å². The molecule has 0 radical (unpaired) electrons. The lowest BCUT2D eigenvalue weighted by Gasteiger charge is -2.30. The Kier molecular flexibility index (Phi) is 3.40. The highest BCUT2D eigenvalue weighted by atomic mass is 16.5. The molecule has 1 N–H and O–H groups in total. The van der Waals surface area contributed by atoms with E-state index in [4.69, 9.17) is 4.74 Å². The largest absolute Gasteiger partial charge is 0.385 e. The summed E-state index contributed by atoms with van der Waals surface area (Å²) in [5.74, 6) is 0.732. The van der Waals surface area contributed by atoms with Crippen LogP contribution in [0.1, 0.15) is 55.6 Å². The summed E-state index contributed by atoms with van der Waals surface area (Å²) in [7, 11) is 0. The molecule has 2 fully saturated rings. The first-order valence-electron chi connectivity index (χ1n) is 7.18. The summed E-state index contributed by atoms with van der Waals surface area (Å²) in [6, 6.07) is 8.62. The SMILES string of the molecule is OC1(c2cccc(C3CCC3)c2)CCCOCC1. The van der Waals surface area contributed by atoms with Crippen LogP contribution in [0.15, 0.2) is 24.3 Å². The fourth-order valence-corrected chi connectivity index (χ4v) is 3.05. The van der Waals surface area contributed by atoms with E-state index in [-0.39, 0.29) is 0 Å². The van der Waals surface area contributed by atoms with Crippen molar-refractivity contribution < 1.29 is 9.84 Å². The Bertz CT molecular complexity index is 401. The second kappa shape index (κ2) is 5.02. The smallest absolute Gasteiger partial charge is 0.0919 e. The summed E-state index contributed by atoms with van der Waals surface area (Å²) in [6.07, 6.45) is 6.47. The molecule has 0 bridgehead atoms. The monoisotopic (exact) mass is 246 g/mol. The van der Waals surface area contributed by atoms with Crippen molar-refractivity contribution in [2.75, 3.05) is 13.2 Å². The van der Waals surface area contributed by atoms with Gasteiger partial charge >= 0.3 is 0 Å². The summed E-state index contributed by atoms with van der Waals surface area (Å²) >= 11 is 0. The Balaban J connectivity index is 1.85. The highest BCUT2D eigenvalue weighted by Gasteiger charge is 2.31. The normalized spacial score (nSPS) is 29.6. The van der Waals surface area contributed by atoms with E-state index >= 15 is 0 Å². The van der Waals surface area contributed by atoms with Crippen LogP contribution in [-0.4, -0.2) is 18.3 Å². The van der Waals surface area contributed by atoms with Gasteiger partial charge in [-0.1, -0.05) is 30.7 Å². The fraction of sp³-hybridized carbons (Fsp3) is 0.625. The number of aliphatic hydroxyl groups is 1. The lowest BCUT2D eigenvalue weighted by molar-refractivity contribution is 0.0143. The summed E-state index contributed by atoms with van der Waals surface area (Å²) in [5.41, 5.74) is 1.84. The van der Waals surface area contributed by atoms with Gasteiger partial charge in [0.1, 0.15) is 0 Å². The molecule has 1 aromatic rings. The van der Waals surface area contributed by atoms with Crippen LogP contribution in [0.4, 0.5) is 0 Å². The maximum Gasteiger partial charge on any atom is 0.0919 e. The Morgan fingerprint density at radius 2 is 2.00 bits per heavy atom. The summed E-state index contributed by atoms with van der Waals surface area (Å²) in [6.45, 7) is 1.45. The Labute approximate surface area is 109 Å². The van der Waals surface area contributed by atoms with Crippen LogP contribution in [0.25, 0.3) is 0 Å². The molecule has 2 heteroatoms. The topological polar surface area (TPSA) is 29.5 Å². The van der Waals surface area contributed by atoms with Gasteiger partial charge in [-0.15, -0.1) is 0 Å². The average Bonchev–Trinajstić information content (AvgIpc) is 2.53. The van der Waals surface area contributed by atoms with E-state index in [9.17, 15) is 5.11 Å². The van der Waals surface area contributed by atoms with Gasteiger partial charge in [-0.3, -0.25) is 0 Å². The van der Waals surface area contributed by atoms with Crippen molar-refractivity contribution in [2.24, 2.45) is 0 Å². The first-order valence-corrected chi connectivity index (χ1v) is 7.18. The first kappa shape index (κ1) is 12.2. The maximum absolute atomic E-state index is 10.8. The molecule has 1 saturated carbocycles. The van der Waals surface area contributed by atoms with Gasteiger partial charge in [-0.2, -0.15) is 0 Å². The van der Waals surface area contributed by atoms with E-state index < -0.39 is 5.60 Å². The molecular formula is C16H22O2. The zero-order valence-electron chi connectivity index (χ0n) is 10.9. The molecule has 0 amide bonds. The zero-order chi connectivity index (χ0) is 12.4. The summed E-state index contributed by atoms with van der Waals surface area (Å²) in [5, 5.41) is 10.8. The minimum absolute atomic E-state index is 0.670. The lowest BCUT2D eigenvalue weighted by atomic mass is 9.78. The van der Waals surface area contributed by atoms with Crippen molar-refractivity contribution in [1.82, 2.24) is 0 Å². The van der Waals surface area contributed by atoms with Gasteiger partial charge in [-0.05, 0) is 42.7 Å². The van der Waals surface area contributed by atoms with Gasteiger partial charge in [0.05, 0.1) is 5.60 Å². The van der Waals surface area contributed by atoms with E-state index in [1.807, 2.05) is 0 Å². The third-order valence-electron chi connectivity index (χ3n) is 4.54. The van der Waals surface area contributed by atoms with E-state index in [0.29, 0.717) is 6.61 Å². The van der Waals surface area contributed by atoms with Gasteiger partial charge in [0.2, 0.25) is 0 Å². The van der Waals surface area contributed by atoms with Crippen molar-refractivity contribution in [1.29, 1.82) is 0 Å². The van der Waals surface area contributed by atoms with Crippen molar-refractivity contribution in [3.8, 4) is 0 Å². The lowest BCUT2D eigenvalue weighted by Crippen LogP contribution is -2.26. The quantitative estimate of drug-likeness (QED) is 0.867. The van der Waals surface area contributed by atoms with Crippen LogP contribution in [-0.2, 0) is 10.3 Å². The molecule has 18 heavy (non-hydrogen) atoms. The predicted octanol–water partition coefficient (Wildman–Crippen LogP) is 3.34. The third-order valence-corrected chi connectivity index (χ3v) is 4.54. The fourth-order valence-electron chi connectivity index (χ4n) is 3.05. The van der Waals surface area contributed by atoms with Crippen molar-refractivity contribution in [3.63, 3.8) is 0 Å². The third kappa shape index (κ3) is 2.32. The number of ether oxygens (including phenoxy) is 1. The van der Waals surface area contributed by atoms with Crippen molar-refractivity contribution >= 4 is 0 Å². The first-order chi connectivity index (χ1) is 8.78. The molecule has 1 aromatic carbocycles. The number of benzene rings is 1. The predicted molar refractivity (Wildman–Crippen MR) is 71.6 cm³/mol. The van der Waals surface area contributed by atoms with Crippen LogP contribution in [0.2, 0.25) is 0 Å². The Morgan fingerprint density at radius 1 is 1.11 bits per heavy atom. The molecule has 1 aliphatic heterocycles. The van der Waals surface area contributed by atoms with Crippen LogP contribution in [0.5, 0.6) is 0 Å². The van der Waals surface area contributed by atoms with Crippen LogP contribution >= 0.6 is 0 Å². The van der Waals surface area contributed by atoms with Gasteiger partial charge < -0.3 is 9.84 Å². The van der Waals surface area contributed by atoms with Gasteiger partial charge in [0.25, 0.3) is 0 Å². The van der Waals surface area contributed by atoms with Crippen LogP contribution in [0.3, 0.4) is 0 Å². The standard InChI is InChI=1S/C16H22O2/c17-16(8-3-10-18-11-9-16)15-7-2-6-14(12-15)13-4-1-5-13/h2,6-7,12-13,17H,1,3-5,8-11H2. The van der Waals surface area contributed by atoms with E-state index in [1.54, 1.807) is 0 Å². The van der Waals surface area contributed by atoms with Crippen LogP contribution in [0, 0.1) is 0 Å². The molecule has 3 rings (SSSR count). The molecule has 1 unspecified atom stereocenters. The minimum Gasteiger partial charge on any atom is -0.385 e. The molecule has 1 heterocycles. The van der Waals surface area contributed by atoms with Gasteiger partial charge in [0, 0.05) is 19.6 Å². The molecule has 0 aromatic heterocycles. The molecule has 2 nitrogen and oxygen atoms in total. The summed E-state index contributed by atoms with van der Waals surface area (Å²) < 4.78 is 5.46.